The van der Waals surface area contributed by atoms with Gasteiger partial charge in [-0.3, -0.25) is 9.80 Å². The second kappa shape index (κ2) is 6.26. The van der Waals surface area contributed by atoms with E-state index in [0.717, 1.165) is 16.1 Å². The summed E-state index contributed by atoms with van der Waals surface area (Å²) in [7, 11) is 4.74. The minimum atomic E-state index is -0.0933. The summed E-state index contributed by atoms with van der Waals surface area (Å²) < 4.78 is 10.5. The Kier molecular flexibility index (Phi) is 4.97. The maximum Gasteiger partial charge on any atom is 0.236 e. The van der Waals surface area contributed by atoms with Gasteiger partial charge in [-0.15, -0.1) is 0 Å². The molecule has 1 aromatic carbocycles. The molecular weight excluding hydrogens is 232 g/mol. The summed E-state index contributed by atoms with van der Waals surface area (Å²) in [6.07, 6.45) is 1.01. The maximum absolute atomic E-state index is 11.5. The van der Waals surface area contributed by atoms with Crippen LogP contribution >= 0.6 is 0 Å². The molecule has 1 rings (SSSR count). The second-order valence-electron chi connectivity index (χ2n) is 4.14. The first-order chi connectivity index (χ1) is 8.49. The van der Waals surface area contributed by atoms with Crippen molar-refractivity contribution in [3.8, 4) is 11.5 Å². The number of amides is 1. The van der Waals surface area contributed by atoms with Gasteiger partial charge in [-0.25, -0.2) is 5.84 Å². The lowest BCUT2D eigenvalue weighted by atomic mass is 10.0. The van der Waals surface area contributed by atoms with Crippen molar-refractivity contribution in [3.05, 3.63) is 23.3 Å². The topological polar surface area (TPSA) is 64.8 Å². The van der Waals surface area contributed by atoms with Gasteiger partial charge in [0.05, 0.1) is 14.2 Å². The summed E-state index contributed by atoms with van der Waals surface area (Å²) in [5.41, 5.74) is 2.13. The number of hydrogen-bond acceptors (Lipinski definition) is 4. The highest BCUT2D eigenvalue weighted by Gasteiger charge is 2.11. The summed E-state index contributed by atoms with van der Waals surface area (Å²) in [6.45, 7) is 1.98. The number of nitrogens with two attached hydrogens (primary N) is 1. The predicted molar refractivity (Wildman–Crippen MR) is 69.6 cm³/mol. The molecule has 0 aliphatic carbocycles. The van der Waals surface area contributed by atoms with E-state index in [0.29, 0.717) is 24.3 Å². The molecule has 0 bridgehead atoms. The highest BCUT2D eigenvalue weighted by molar-refractivity contribution is 5.75. The van der Waals surface area contributed by atoms with Gasteiger partial charge in [0.25, 0.3) is 0 Å². The van der Waals surface area contributed by atoms with Gasteiger partial charge in [0, 0.05) is 13.5 Å². The quantitative estimate of drug-likeness (QED) is 0.487. The normalized spacial score (nSPS) is 10.1. The molecule has 0 atom stereocenters. The zero-order valence-corrected chi connectivity index (χ0v) is 11.3. The fourth-order valence-electron chi connectivity index (χ4n) is 1.71. The highest BCUT2D eigenvalue weighted by Crippen LogP contribution is 2.30. The van der Waals surface area contributed by atoms with E-state index in [1.54, 1.807) is 21.3 Å². The molecule has 0 spiro atoms. The van der Waals surface area contributed by atoms with Crippen LogP contribution in [-0.2, 0) is 11.2 Å². The molecule has 0 heterocycles. The van der Waals surface area contributed by atoms with Crippen LogP contribution in [0.2, 0.25) is 0 Å². The lowest BCUT2D eigenvalue weighted by Gasteiger charge is -2.14. The van der Waals surface area contributed by atoms with Crippen molar-refractivity contribution in [1.29, 1.82) is 0 Å². The number of methoxy groups -OCH3 is 2. The van der Waals surface area contributed by atoms with Gasteiger partial charge in [-0.05, 0) is 36.6 Å². The molecule has 100 valence electrons. The number of carbonyl (C=O) groups is 1. The predicted octanol–water partition coefficient (Wildman–Crippen LogP) is 1.28. The van der Waals surface area contributed by atoms with E-state index >= 15 is 0 Å². The lowest BCUT2D eigenvalue weighted by molar-refractivity contribution is -0.130. The summed E-state index contributed by atoms with van der Waals surface area (Å²) in [5.74, 6) is 6.65. The number of aryl methyl sites for hydroxylation is 2. The Morgan fingerprint density at radius 3 is 2.33 bits per heavy atom. The van der Waals surface area contributed by atoms with Crippen LogP contribution in [-0.4, -0.2) is 32.2 Å². The van der Waals surface area contributed by atoms with Crippen molar-refractivity contribution in [2.75, 3.05) is 21.3 Å². The van der Waals surface area contributed by atoms with E-state index in [9.17, 15) is 4.79 Å². The van der Waals surface area contributed by atoms with Gasteiger partial charge in [0.1, 0.15) is 0 Å². The van der Waals surface area contributed by atoms with Crippen LogP contribution in [0.4, 0.5) is 0 Å². The lowest BCUT2D eigenvalue weighted by Crippen LogP contribution is -2.33. The molecule has 0 unspecified atom stereocenters. The number of hydrogen-bond donors (Lipinski definition) is 1. The van der Waals surface area contributed by atoms with E-state index in [-0.39, 0.29) is 5.91 Å². The van der Waals surface area contributed by atoms with Crippen LogP contribution in [0, 0.1) is 6.92 Å². The van der Waals surface area contributed by atoms with Crippen molar-refractivity contribution in [1.82, 2.24) is 5.01 Å². The average Bonchev–Trinajstić information content (AvgIpc) is 2.36. The number of carbonyl (C=O) groups excluding carboxylic acids is 1. The molecule has 1 aromatic rings. The monoisotopic (exact) mass is 252 g/mol. The van der Waals surface area contributed by atoms with Gasteiger partial charge >= 0.3 is 0 Å². The molecular formula is C13H20N2O3. The van der Waals surface area contributed by atoms with Gasteiger partial charge in [-0.2, -0.15) is 0 Å². The van der Waals surface area contributed by atoms with Crippen LogP contribution in [0.25, 0.3) is 0 Å². The van der Waals surface area contributed by atoms with Gasteiger partial charge in [0.2, 0.25) is 5.91 Å². The third-order valence-corrected chi connectivity index (χ3v) is 2.84. The summed E-state index contributed by atoms with van der Waals surface area (Å²) in [5, 5.41) is 1.11. The fraction of sp³-hybridized carbons (Fsp3) is 0.462. The Labute approximate surface area is 107 Å². The van der Waals surface area contributed by atoms with Crippen molar-refractivity contribution in [2.45, 2.75) is 19.8 Å². The molecule has 0 saturated carbocycles. The van der Waals surface area contributed by atoms with E-state index in [4.69, 9.17) is 15.3 Å². The molecule has 0 fully saturated rings. The standard InChI is InChI=1S/C13H20N2O3/c1-9-7-11(17-3)12(18-4)8-10(9)5-6-13(16)15(2)14/h7-8H,5-6,14H2,1-4H3. The molecule has 5 nitrogen and oxygen atoms in total. The molecule has 1 amide bonds. The van der Waals surface area contributed by atoms with Crippen LogP contribution in [0.3, 0.4) is 0 Å². The SMILES string of the molecule is COc1cc(C)c(CCC(=O)N(C)N)cc1OC. The van der Waals surface area contributed by atoms with Crippen LogP contribution in [0.15, 0.2) is 12.1 Å². The number of rotatable bonds is 5. The van der Waals surface area contributed by atoms with Crippen molar-refractivity contribution in [3.63, 3.8) is 0 Å². The molecule has 5 heteroatoms. The van der Waals surface area contributed by atoms with Crippen LogP contribution in [0.5, 0.6) is 11.5 Å². The zero-order chi connectivity index (χ0) is 13.7. The Hall–Kier alpha value is -1.75. The van der Waals surface area contributed by atoms with E-state index < -0.39 is 0 Å². The molecule has 0 saturated heterocycles. The smallest absolute Gasteiger partial charge is 0.236 e. The number of nitrogens with zero attached hydrogens (tertiary/aromatic N) is 1. The molecule has 0 aliphatic heterocycles. The Morgan fingerprint density at radius 1 is 1.28 bits per heavy atom. The minimum absolute atomic E-state index is 0.0933. The minimum Gasteiger partial charge on any atom is -0.493 e. The summed E-state index contributed by atoms with van der Waals surface area (Å²) in [6, 6.07) is 3.81. The molecule has 0 aromatic heterocycles. The van der Waals surface area contributed by atoms with Gasteiger partial charge in [-0.1, -0.05) is 0 Å². The van der Waals surface area contributed by atoms with Gasteiger partial charge < -0.3 is 9.47 Å². The molecule has 0 aliphatic rings. The average molecular weight is 252 g/mol. The first-order valence-corrected chi connectivity index (χ1v) is 5.72. The van der Waals surface area contributed by atoms with E-state index in [1.807, 2.05) is 19.1 Å². The van der Waals surface area contributed by atoms with Crippen molar-refractivity contribution < 1.29 is 14.3 Å². The third kappa shape index (κ3) is 3.37. The first-order valence-electron chi connectivity index (χ1n) is 5.72. The van der Waals surface area contributed by atoms with Crippen LogP contribution < -0.4 is 15.3 Å². The molecule has 0 radical (unpaired) electrons. The van der Waals surface area contributed by atoms with Crippen molar-refractivity contribution in [2.24, 2.45) is 5.84 Å². The largest absolute Gasteiger partial charge is 0.493 e. The molecule has 18 heavy (non-hydrogen) atoms. The first kappa shape index (κ1) is 14.3. The Balaban J connectivity index is 2.86. The highest BCUT2D eigenvalue weighted by atomic mass is 16.5. The third-order valence-electron chi connectivity index (χ3n) is 2.84. The molecule has 2 N–H and O–H groups in total. The Morgan fingerprint density at radius 2 is 1.83 bits per heavy atom. The van der Waals surface area contributed by atoms with Crippen LogP contribution in [0.1, 0.15) is 17.5 Å². The zero-order valence-electron chi connectivity index (χ0n) is 11.3. The summed E-state index contributed by atoms with van der Waals surface area (Å²) in [4.78, 5) is 11.5. The maximum atomic E-state index is 11.5. The van der Waals surface area contributed by atoms with E-state index in [2.05, 4.69) is 0 Å². The number of hydrazine groups is 1. The van der Waals surface area contributed by atoms with Gasteiger partial charge in [0.15, 0.2) is 11.5 Å². The number of ether oxygens (including phenoxy) is 2. The van der Waals surface area contributed by atoms with E-state index in [1.165, 1.54) is 0 Å². The second-order valence-corrected chi connectivity index (χ2v) is 4.14. The fourth-order valence-corrected chi connectivity index (χ4v) is 1.71. The summed E-state index contributed by atoms with van der Waals surface area (Å²) >= 11 is 0. The van der Waals surface area contributed by atoms with Crippen molar-refractivity contribution >= 4 is 5.91 Å². The number of benzene rings is 1. The Bertz CT molecular complexity index is 430.